The highest BCUT2D eigenvalue weighted by molar-refractivity contribution is 5.83. The molecule has 1 aliphatic rings. The molecule has 1 fully saturated rings. The minimum Gasteiger partial charge on any atom is -0.465 e. The fraction of sp³-hybridized carbons (Fsp3) is 0.857. The Kier molecular flexibility index (Phi) is 8.26. The number of hydrogen-bond donors (Lipinski definition) is 1. The zero-order valence-corrected chi connectivity index (χ0v) is 13.0. The summed E-state index contributed by atoms with van der Waals surface area (Å²) < 4.78 is 9.89. The smallest absolute Gasteiger partial charge is 0.325 e. The maximum atomic E-state index is 12.3. The van der Waals surface area contributed by atoms with E-state index in [9.17, 15) is 9.59 Å². The number of amides is 1. The number of carbonyl (C=O) groups is 2. The second-order valence-electron chi connectivity index (χ2n) is 5.23. The topological polar surface area (TPSA) is 85.1 Å². The van der Waals surface area contributed by atoms with Gasteiger partial charge in [0.05, 0.1) is 19.8 Å². The first-order valence-electron chi connectivity index (χ1n) is 7.47. The average molecular weight is 301 g/mol. The van der Waals surface area contributed by atoms with Gasteiger partial charge >= 0.3 is 5.97 Å². The maximum Gasteiger partial charge on any atom is 0.325 e. The van der Waals surface area contributed by atoms with E-state index in [4.69, 9.17) is 15.2 Å². The normalized spacial score (nSPS) is 16.7. The van der Waals surface area contributed by atoms with E-state index in [1.807, 2.05) is 0 Å². The molecule has 0 aromatic heterocycles. The first kappa shape index (κ1) is 17.9. The largest absolute Gasteiger partial charge is 0.465 e. The highest BCUT2D eigenvalue weighted by Crippen LogP contribution is 2.08. The first-order chi connectivity index (χ1) is 10.1. The van der Waals surface area contributed by atoms with Crippen molar-refractivity contribution in [3.8, 4) is 0 Å². The lowest BCUT2D eigenvalue weighted by Gasteiger charge is -2.31. The van der Waals surface area contributed by atoms with Gasteiger partial charge in [-0.1, -0.05) is 0 Å². The molecule has 0 spiro atoms. The summed E-state index contributed by atoms with van der Waals surface area (Å²) in [5, 5.41) is 0. The van der Waals surface area contributed by atoms with E-state index in [0.29, 0.717) is 26.3 Å². The third-order valence-electron chi connectivity index (χ3n) is 3.53. The van der Waals surface area contributed by atoms with Crippen molar-refractivity contribution < 1.29 is 19.1 Å². The monoisotopic (exact) mass is 301 g/mol. The quantitative estimate of drug-likeness (QED) is 0.605. The Labute approximate surface area is 126 Å². The van der Waals surface area contributed by atoms with Gasteiger partial charge in [0.1, 0.15) is 6.54 Å². The number of piperidine rings is 1. The van der Waals surface area contributed by atoms with E-state index in [0.717, 1.165) is 25.9 Å². The fourth-order valence-corrected chi connectivity index (χ4v) is 2.26. The van der Waals surface area contributed by atoms with E-state index in [1.165, 1.54) is 4.90 Å². The summed E-state index contributed by atoms with van der Waals surface area (Å²) in [6.07, 6.45) is 1.81. The number of nitrogens with zero attached hydrogens (tertiary/aromatic N) is 2. The molecule has 0 saturated carbocycles. The molecule has 1 amide bonds. The SMILES string of the molecule is CCOC(=O)CN(CCOC)C(=O)CN1CCC(N)CC1. The lowest BCUT2D eigenvalue weighted by Crippen LogP contribution is -2.47. The number of carbonyl (C=O) groups excluding carboxylic acids is 2. The van der Waals surface area contributed by atoms with Gasteiger partial charge in [-0.25, -0.2) is 0 Å². The fourth-order valence-electron chi connectivity index (χ4n) is 2.26. The van der Waals surface area contributed by atoms with Gasteiger partial charge in [-0.05, 0) is 19.8 Å². The van der Waals surface area contributed by atoms with Crippen molar-refractivity contribution in [3.05, 3.63) is 0 Å². The zero-order chi connectivity index (χ0) is 15.7. The second kappa shape index (κ2) is 9.70. The Bertz CT molecular complexity index is 330. The Morgan fingerprint density at radius 3 is 2.57 bits per heavy atom. The van der Waals surface area contributed by atoms with E-state index in [-0.39, 0.29) is 24.5 Å². The molecule has 122 valence electrons. The molecule has 0 bridgehead atoms. The molecule has 0 aromatic rings. The van der Waals surface area contributed by atoms with Gasteiger partial charge in [-0.3, -0.25) is 14.5 Å². The van der Waals surface area contributed by atoms with Gasteiger partial charge in [-0.2, -0.15) is 0 Å². The number of methoxy groups -OCH3 is 1. The predicted octanol–water partition coefficient (Wildman–Crippen LogP) is -0.552. The van der Waals surface area contributed by atoms with Crippen LogP contribution in [0.2, 0.25) is 0 Å². The molecule has 21 heavy (non-hydrogen) atoms. The maximum absolute atomic E-state index is 12.3. The summed E-state index contributed by atoms with van der Waals surface area (Å²) in [5.41, 5.74) is 5.85. The third-order valence-corrected chi connectivity index (χ3v) is 3.53. The van der Waals surface area contributed by atoms with Crippen molar-refractivity contribution in [3.63, 3.8) is 0 Å². The van der Waals surface area contributed by atoms with Crippen LogP contribution in [0.1, 0.15) is 19.8 Å². The van der Waals surface area contributed by atoms with Crippen molar-refractivity contribution in [1.82, 2.24) is 9.80 Å². The van der Waals surface area contributed by atoms with E-state index >= 15 is 0 Å². The van der Waals surface area contributed by atoms with Gasteiger partial charge in [-0.15, -0.1) is 0 Å². The van der Waals surface area contributed by atoms with Gasteiger partial charge in [0, 0.05) is 32.8 Å². The molecule has 0 radical (unpaired) electrons. The molecule has 7 heteroatoms. The summed E-state index contributed by atoms with van der Waals surface area (Å²) in [6.45, 7) is 4.79. The molecule has 0 aromatic carbocycles. The second-order valence-corrected chi connectivity index (χ2v) is 5.23. The van der Waals surface area contributed by atoms with Crippen LogP contribution in [0, 0.1) is 0 Å². The zero-order valence-electron chi connectivity index (χ0n) is 13.0. The Balaban J connectivity index is 2.47. The van der Waals surface area contributed by atoms with Crippen LogP contribution in [0.3, 0.4) is 0 Å². The highest BCUT2D eigenvalue weighted by Gasteiger charge is 2.23. The van der Waals surface area contributed by atoms with Crippen LogP contribution >= 0.6 is 0 Å². The molecule has 7 nitrogen and oxygen atoms in total. The summed E-state index contributed by atoms with van der Waals surface area (Å²) >= 11 is 0. The lowest BCUT2D eigenvalue weighted by molar-refractivity contribution is -0.149. The van der Waals surface area contributed by atoms with E-state index in [1.54, 1.807) is 14.0 Å². The van der Waals surface area contributed by atoms with Gasteiger partial charge in [0.15, 0.2) is 0 Å². The van der Waals surface area contributed by atoms with Gasteiger partial charge < -0.3 is 20.1 Å². The number of hydrogen-bond acceptors (Lipinski definition) is 6. The molecule has 1 saturated heterocycles. The molecular formula is C14H27N3O4. The molecule has 0 atom stereocenters. The Morgan fingerprint density at radius 1 is 1.33 bits per heavy atom. The molecule has 2 N–H and O–H groups in total. The first-order valence-corrected chi connectivity index (χ1v) is 7.47. The van der Waals surface area contributed by atoms with Crippen LogP contribution in [-0.2, 0) is 19.1 Å². The lowest BCUT2D eigenvalue weighted by atomic mass is 10.1. The number of esters is 1. The minimum atomic E-state index is -0.386. The van der Waals surface area contributed by atoms with Crippen LogP contribution < -0.4 is 5.73 Å². The van der Waals surface area contributed by atoms with Crippen molar-refractivity contribution in [1.29, 1.82) is 0 Å². The third kappa shape index (κ3) is 6.88. The van der Waals surface area contributed by atoms with Gasteiger partial charge in [0.25, 0.3) is 0 Å². The van der Waals surface area contributed by atoms with Crippen LogP contribution in [0.4, 0.5) is 0 Å². The summed E-state index contributed by atoms with van der Waals surface area (Å²) in [5.74, 6) is -0.460. The number of rotatable bonds is 8. The minimum absolute atomic E-state index is 0.0244. The van der Waals surface area contributed by atoms with Crippen LogP contribution in [-0.4, -0.2) is 80.8 Å². The Hall–Kier alpha value is -1.18. The summed E-state index contributed by atoms with van der Waals surface area (Å²) in [4.78, 5) is 27.5. The van der Waals surface area contributed by atoms with Crippen molar-refractivity contribution in [2.24, 2.45) is 5.73 Å². The number of nitrogens with two attached hydrogens (primary N) is 1. The molecule has 1 rings (SSSR count). The van der Waals surface area contributed by atoms with Crippen molar-refractivity contribution in [2.45, 2.75) is 25.8 Å². The molecule has 0 aliphatic carbocycles. The van der Waals surface area contributed by atoms with Gasteiger partial charge in [0.2, 0.25) is 5.91 Å². The highest BCUT2D eigenvalue weighted by atomic mass is 16.5. The van der Waals surface area contributed by atoms with E-state index < -0.39 is 0 Å². The molecule has 1 aliphatic heterocycles. The standard InChI is InChI=1S/C14H27N3O4/c1-3-21-14(19)11-17(8-9-20-2)13(18)10-16-6-4-12(15)5-7-16/h12H,3-11,15H2,1-2H3. The number of ether oxygens (including phenoxy) is 2. The van der Waals surface area contributed by atoms with Crippen LogP contribution in [0.5, 0.6) is 0 Å². The summed E-state index contributed by atoms with van der Waals surface area (Å²) in [6, 6.07) is 0.237. The van der Waals surface area contributed by atoms with Crippen molar-refractivity contribution >= 4 is 11.9 Å². The predicted molar refractivity (Wildman–Crippen MR) is 78.7 cm³/mol. The molecular weight excluding hydrogens is 274 g/mol. The summed E-state index contributed by atoms with van der Waals surface area (Å²) in [7, 11) is 1.57. The van der Waals surface area contributed by atoms with Crippen molar-refractivity contribution in [2.75, 3.05) is 53.0 Å². The van der Waals surface area contributed by atoms with Crippen LogP contribution in [0.15, 0.2) is 0 Å². The molecule has 1 heterocycles. The van der Waals surface area contributed by atoms with Crippen LogP contribution in [0.25, 0.3) is 0 Å². The van der Waals surface area contributed by atoms with E-state index in [2.05, 4.69) is 4.90 Å². The molecule has 0 unspecified atom stereocenters. The Morgan fingerprint density at radius 2 is 2.00 bits per heavy atom. The number of likely N-dealkylation sites (tertiary alicyclic amines) is 1. The average Bonchev–Trinajstić information content (AvgIpc) is 2.46.